The van der Waals surface area contributed by atoms with Crippen molar-refractivity contribution in [2.75, 3.05) is 40.9 Å². The van der Waals surface area contributed by atoms with Crippen molar-refractivity contribution in [2.45, 2.75) is 360 Å². The van der Waals surface area contributed by atoms with Gasteiger partial charge in [0.05, 0.1) is 39.9 Å². The molecule has 0 aliphatic rings. The average molecular weight is 1120 g/mol. The van der Waals surface area contributed by atoms with Crippen LogP contribution in [-0.2, 0) is 18.4 Å². The van der Waals surface area contributed by atoms with Crippen molar-refractivity contribution in [1.29, 1.82) is 0 Å². The highest BCUT2D eigenvalue weighted by Crippen LogP contribution is 2.38. The molecule has 9 heteroatoms. The highest BCUT2D eigenvalue weighted by Gasteiger charge is 2.23. The number of hydrogen-bond acceptors (Lipinski definition) is 6. The minimum atomic E-state index is -4.60. The predicted molar refractivity (Wildman–Crippen MR) is 339 cm³/mol. The molecule has 0 spiro atoms. The lowest BCUT2D eigenvalue weighted by molar-refractivity contribution is -0.870. The number of quaternary nitrogens is 1. The molecule has 0 bridgehead atoms. The van der Waals surface area contributed by atoms with Crippen LogP contribution in [0.25, 0.3) is 0 Å². The van der Waals surface area contributed by atoms with Crippen LogP contribution >= 0.6 is 7.82 Å². The molecule has 78 heavy (non-hydrogen) atoms. The summed E-state index contributed by atoms with van der Waals surface area (Å²) in [6.45, 7) is 4.70. The minimum absolute atomic E-state index is 0.000687. The van der Waals surface area contributed by atoms with E-state index in [1.165, 1.54) is 283 Å². The van der Waals surface area contributed by atoms with Gasteiger partial charge in [0, 0.05) is 6.42 Å². The first-order valence-electron chi connectivity index (χ1n) is 34.4. The quantitative estimate of drug-likeness (QED) is 0.0272. The van der Waals surface area contributed by atoms with Crippen LogP contribution in [0.2, 0.25) is 0 Å². The topological polar surface area (TPSA) is 108 Å². The van der Waals surface area contributed by atoms with Gasteiger partial charge in [-0.25, -0.2) is 0 Å². The van der Waals surface area contributed by atoms with Crippen molar-refractivity contribution in [3.63, 3.8) is 0 Å². The van der Waals surface area contributed by atoms with Gasteiger partial charge < -0.3 is 28.8 Å². The zero-order chi connectivity index (χ0) is 57.0. The van der Waals surface area contributed by atoms with Crippen molar-refractivity contribution in [3.8, 4) is 0 Å². The Morgan fingerprint density at radius 1 is 0.449 bits per heavy atom. The molecule has 0 radical (unpaired) electrons. The Morgan fingerprint density at radius 2 is 0.744 bits per heavy atom. The molecule has 0 heterocycles. The Hall–Kier alpha value is -1.28. The third-order valence-corrected chi connectivity index (χ3v) is 16.8. The Balaban J connectivity index is 4.01. The number of unbranched alkanes of at least 4 members (excludes halogenated alkanes) is 47. The van der Waals surface area contributed by atoms with Crippen LogP contribution in [0.1, 0.15) is 348 Å². The van der Waals surface area contributed by atoms with Gasteiger partial charge in [0.1, 0.15) is 13.2 Å². The second-order valence-electron chi connectivity index (χ2n) is 24.9. The lowest BCUT2D eigenvalue weighted by Gasteiger charge is -2.29. The Bertz CT molecular complexity index is 1360. The summed E-state index contributed by atoms with van der Waals surface area (Å²) in [6, 6.07) is -0.886. The lowest BCUT2D eigenvalue weighted by Crippen LogP contribution is -2.45. The summed E-state index contributed by atoms with van der Waals surface area (Å²) in [4.78, 5) is 25.6. The van der Waals surface area contributed by atoms with E-state index in [1.54, 1.807) is 6.08 Å². The first-order valence-corrected chi connectivity index (χ1v) is 35.8. The van der Waals surface area contributed by atoms with Gasteiger partial charge in [-0.3, -0.25) is 9.36 Å². The summed E-state index contributed by atoms with van der Waals surface area (Å²) in [5.41, 5.74) is 0. The fourth-order valence-corrected chi connectivity index (χ4v) is 11.2. The van der Waals surface area contributed by atoms with Crippen molar-refractivity contribution in [2.24, 2.45) is 0 Å². The van der Waals surface area contributed by atoms with E-state index >= 15 is 0 Å². The van der Waals surface area contributed by atoms with Crippen molar-refractivity contribution < 1.29 is 32.9 Å². The first-order chi connectivity index (χ1) is 38.0. The number of amides is 1. The molecule has 0 aliphatic carbocycles. The lowest BCUT2D eigenvalue weighted by atomic mass is 10.0. The predicted octanol–water partition coefficient (Wildman–Crippen LogP) is 21.0. The fourth-order valence-electron chi connectivity index (χ4n) is 10.5. The molecule has 3 unspecified atom stereocenters. The summed E-state index contributed by atoms with van der Waals surface area (Å²) in [6.07, 6.45) is 79.8. The maximum Gasteiger partial charge on any atom is 0.268 e. The number of aliphatic hydroxyl groups is 1. The zero-order valence-corrected chi connectivity index (χ0v) is 53.8. The summed E-state index contributed by atoms with van der Waals surface area (Å²) in [5.74, 6) is -0.191. The van der Waals surface area contributed by atoms with Gasteiger partial charge in [0.25, 0.3) is 7.82 Å². The molecule has 0 aliphatic heterocycles. The van der Waals surface area contributed by atoms with Crippen LogP contribution in [0.5, 0.6) is 0 Å². The van der Waals surface area contributed by atoms with Crippen molar-refractivity contribution in [1.82, 2.24) is 5.32 Å². The Labute approximate surface area is 487 Å². The van der Waals surface area contributed by atoms with E-state index in [0.717, 1.165) is 44.9 Å². The van der Waals surface area contributed by atoms with E-state index in [2.05, 4.69) is 43.5 Å². The summed E-state index contributed by atoms with van der Waals surface area (Å²) in [7, 11) is 1.28. The number of nitrogens with zero attached hydrogens (tertiary/aromatic N) is 1. The molecule has 0 aromatic rings. The van der Waals surface area contributed by atoms with Crippen LogP contribution in [-0.4, -0.2) is 68.5 Å². The molecule has 2 N–H and O–H groups in total. The molecule has 0 saturated heterocycles. The number of phosphoric acid groups is 1. The summed E-state index contributed by atoms with van der Waals surface area (Å²) in [5, 5.41) is 13.9. The standard InChI is InChI=1S/C69H135N2O6P/c1-6-8-10-12-14-16-18-20-22-24-26-28-29-30-31-32-33-34-35-36-37-38-39-40-41-43-45-47-49-51-53-55-57-59-61-63-69(73)70-67(66-77-78(74,75)76-65-64-71(3,4)5)68(72)62-60-58-56-54-52-50-48-46-44-42-27-25-23-21-19-17-15-13-11-9-7-2/h29-30,32-33,60,62,67-68,72H,6-28,31,34-59,61,63-66H2,1-5H3,(H-,70,73,74,75)/b30-29-,33-32-,62-60+. The number of carbonyl (C=O) groups excluding carboxylic acids is 1. The summed E-state index contributed by atoms with van der Waals surface area (Å²) < 4.78 is 23.4. The largest absolute Gasteiger partial charge is 0.756 e. The molecule has 3 atom stereocenters. The van der Waals surface area contributed by atoms with Gasteiger partial charge in [-0.1, -0.05) is 326 Å². The molecule has 0 fully saturated rings. The van der Waals surface area contributed by atoms with Gasteiger partial charge in [-0.2, -0.15) is 0 Å². The molecular weight excluding hydrogens is 984 g/mol. The number of aliphatic hydroxyl groups excluding tert-OH is 1. The van der Waals surface area contributed by atoms with E-state index in [9.17, 15) is 19.4 Å². The number of phosphoric ester groups is 1. The third-order valence-electron chi connectivity index (χ3n) is 15.8. The maximum atomic E-state index is 13.0. The molecule has 462 valence electrons. The van der Waals surface area contributed by atoms with Crippen molar-refractivity contribution >= 4 is 13.7 Å². The summed E-state index contributed by atoms with van der Waals surface area (Å²) >= 11 is 0. The van der Waals surface area contributed by atoms with E-state index in [-0.39, 0.29) is 19.1 Å². The Kier molecular flexibility index (Phi) is 59.3. The smallest absolute Gasteiger partial charge is 0.268 e. The van der Waals surface area contributed by atoms with Gasteiger partial charge in [0.15, 0.2) is 0 Å². The van der Waals surface area contributed by atoms with Crippen molar-refractivity contribution in [3.05, 3.63) is 36.5 Å². The van der Waals surface area contributed by atoms with Gasteiger partial charge in [-0.05, 0) is 51.4 Å². The number of nitrogens with one attached hydrogen (secondary N) is 1. The maximum absolute atomic E-state index is 13.0. The number of allylic oxidation sites excluding steroid dienone is 5. The van der Waals surface area contributed by atoms with Crippen LogP contribution in [0, 0.1) is 0 Å². The van der Waals surface area contributed by atoms with Crippen LogP contribution < -0.4 is 10.2 Å². The number of hydrogen-bond donors (Lipinski definition) is 2. The second-order valence-corrected chi connectivity index (χ2v) is 26.3. The first kappa shape index (κ1) is 76.7. The second kappa shape index (κ2) is 60.3. The number of carbonyl (C=O) groups is 1. The average Bonchev–Trinajstić information content (AvgIpc) is 3.41. The van der Waals surface area contributed by atoms with Gasteiger partial charge in [0.2, 0.25) is 5.91 Å². The molecule has 0 rings (SSSR count). The van der Waals surface area contributed by atoms with Gasteiger partial charge in [-0.15, -0.1) is 0 Å². The third kappa shape index (κ3) is 62.3. The van der Waals surface area contributed by atoms with E-state index < -0.39 is 20.0 Å². The molecule has 0 aromatic heterocycles. The molecular formula is C69H135N2O6P. The molecule has 0 aromatic carbocycles. The van der Waals surface area contributed by atoms with E-state index in [1.807, 2.05) is 27.2 Å². The van der Waals surface area contributed by atoms with Gasteiger partial charge >= 0.3 is 0 Å². The van der Waals surface area contributed by atoms with Crippen LogP contribution in [0.4, 0.5) is 0 Å². The minimum Gasteiger partial charge on any atom is -0.756 e. The van der Waals surface area contributed by atoms with E-state index in [0.29, 0.717) is 17.4 Å². The zero-order valence-electron chi connectivity index (χ0n) is 52.9. The normalized spacial score (nSPS) is 13.9. The number of rotatable bonds is 64. The van der Waals surface area contributed by atoms with Crippen LogP contribution in [0.3, 0.4) is 0 Å². The van der Waals surface area contributed by atoms with E-state index in [4.69, 9.17) is 9.05 Å². The monoisotopic (exact) mass is 1120 g/mol. The SMILES string of the molecule is CCCCCCCCCCCCC/C=C\C/C=C\CCCCCCCCCCCCCCCCCCCC(=O)NC(COP(=O)([O-])OCC[N+](C)(C)C)C(O)/C=C/CCCCCCCCCCCCCCCCCCCCC. The highest BCUT2D eigenvalue weighted by atomic mass is 31.2. The molecule has 8 nitrogen and oxygen atoms in total. The Morgan fingerprint density at radius 3 is 1.06 bits per heavy atom. The van der Waals surface area contributed by atoms with Crippen LogP contribution in [0.15, 0.2) is 36.5 Å². The highest BCUT2D eigenvalue weighted by molar-refractivity contribution is 7.45. The molecule has 1 amide bonds. The molecule has 0 saturated carbocycles. The number of likely N-dealkylation sites (N-methyl/N-ethyl adjacent to an activating group) is 1. The fraction of sp³-hybridized carbons (Fsp3) is 0.899.